The number of nitro benzene ring substituents is 1. The molecule has 0 fully saturated rings. The average Bonchev–Trinajstić information content (AvgIpc) is 2.47. The number of nitrogens with zero attached hydrogens (tertiary/aromatic N) is 1. The predicted octanol–water partition coefficient (Wildman–Crippen LogP) is 3.41. The molecule has 0 spiro atoms. The molecule has 0 atom stereocenters. The first kappa shape index (κ1) is 9.48. The molecule has 1 aromatic heterocycles. The van der Waals surface area contributed by atoms with E-state index in [0.29, 0.717) is 10.3 Å². The van der Waals surface area contributed by atoms with Gasteiger partial charge in [0.15, 0.2) is 0 Å². The molecule has 1 aromatic carbocycles. The van der Waals surface area contributed by atoms with E-state index in [1.165, 1.54) is 11.3 Å². The minimum absolute atomic E-state index is 0.202. The summed E-state index contributed by atoms with van der Waals surface area (Å²) in [6.45, 7) is 1.75. The highest BCUT2D eigenvalue weighted by atomic mass is 32.1. The molecule has 0 amide bonds. The van der Waals surface area contributed by atoms with Crippen molar-refractivity contribution in [1.29, 1.82) is 0 Å². The Balaban J connectivity index is 2.90. The van der Waals surface area contributed by atoms with Crippen LogP contribution in [-0.2, 0) is 0 Å². The third kappa shape index (κ3) is 1.29. The van der Waals surface area contributed by atoms with Crippen molar-refractivity contribution in [1.82, 2.24) is 0 Å². The van der Waals surface area contributed by atoms with Crippen LogP contribution < -0.4 is 0 Å². The molecule has 0 aliphatic heterocycles. The molecule has 0 aliphatic carbocycles. The van der Waals surface area contributed by atoms with Crippen molar-refractivity contribution >= 4 is 39.7 Å². The first-order chi connectivity index (χ1) is 6.61. The molecular weight excluding hydrogens is 218 g/mol. The molecule has 2 rings (SSSR count). The minimum Gasteiger partial charge on any atom is -0.258 e. The van der Waals surface area contributed by atoms with E-state index < -0.39 is 0 Å². The summed E-state index contributed by atoms with van der Waals surface area (Å²) in [6.07, 6.45) is 0. The first-order valence-corrected chi connectivity index (χ1v) is 5.28. The van der Waals surface area contributed by atoms with Gasteiger partial charge >= 0.3 is 0 Å². The Morgan fingerprint density at radius 1 is 1.50 bits per heavy atom. The summed E-state index contributed by atoms with van der Waals surface area (Å²) in [4.78, 5) is 11.3. The van der Waals surface area contributed by atoms with E-state index in [9.17, 15) is 10.1 Å². The van der Waals surface area contributed by atoms with Crippen molar-refractivity contribution in [3.05, 3.63) is 33.2 Å². The molecule has 0 N–H and O–H groups in total. The van der Waals surface area contributed by atoms with Crippen molar-refractivity contribution in [3.8, 4) is 0 Å². The normalized spacial score (nSPS) is 10.7. The third-order valence-electron chi connectivity index (χ3n) is 2.08. The largest absolute Gasteiger partial charge is 0.289 e. The lowest BCUT2D eigenvalue weighted by Gasteiger charge is -1.97. The van der Waals surface area contributed by atoms with Gasteiger partial charge < -0.3 is 0 Å². The second-order valence-electron chi connectivity index (χ2n) is 2.99. The fourth-order valence-corrected chi connectivity index (χ4v) is 2.82. The van der Waals surface area contributed by atoms with Crippen molar-refractivity contribution in [2.75, 3.05) is 0 Å². The van der Waals surface area contributed by atoms with Crippen LogP contribution in [0.5, 0.6) is 0 Å². The zero-order chi connectivity index (χ0) is 10.3. The lowest BCUT2D eigenvalue weighted by Crippen LogP contribution is -1.91. The second-order valence-corrected chi connectivity index (χ2v) is 4.35. The van der Waals surface area contributed by atoms with Crippen molar-refractivity contribution < 1.29 is 4.92 Å². The van der Waals surface area contributed by atoms with Crippen LogP contribution in [-0.4, -0.2) is 4.92 Å². The zero-order valence-corrected chi connectivity index (χ0v) is 9.06. The Bertz CT molecular complexity index is 519. The lowest BCUT2D eigenvalue weighted by molar-refractivity contribution is -0.383. The second kappa shape index (κ2) is 3.25. The van der Waals surface area contributed by atoms with E-state index in [4.69, 9.17) is 0 Å². The van der Waals surface area contributed by atoms with Crippen LogP contribution in [0.3, 0.4) is 0 Å². The SMILES string of the molecule is Cc1ccc2c(S)csc2c1[N+](=O)[O-]. The van der Waals surface area contributed by atoms with E-state index in [2.05, 4.69) is 12.6 Å². The van der Waals surface area contributed by atoms with Gasteiger partial charge in [-0.1, -0.05) is 12.1 Å². The average molecular weight is 225 g/mol. The molecule has 0 aliphatic rings. The summed E-state index contributed by atoms with van der Waals surface area (Å²) in [7, 11) is 0. The number of thiol groups is 1. The van der Waals surface area contributed by atoms with Crippen molar-refractivity contribution in [2.45, 2.75) is 11.8 Å². The Morgan fingerprint density at radius 2 is 2.21 bits per heavy atom. The molecule has 0 unspecified atom stereocenters. The fourth-order valence-electron chi connectivity index (χ4n) is 1.40. The maximum atomic E-state index is 10.8. The van der Waals surface area contributed by atoms with Gasteiger partial charge in [0.25, 0.3) is 5.69 Å². The van der Waals surface area contributed by atoms with Crippen LogP contribution in [0.1, 0.15) is 5.56 Å². The van der Waals surface area contributed by atoms with Gasteiger partial charge in [-0.25, -0.2) is 0 Å². The summed E-state index contributed by atoms with van der Waals surface area (Å²) in [6, 6.07) is 3.63. The molecule has 1 heterocycles. The molecule has 2 aromatic rings. The molecule has 72 valence electrons. The standard InChI is InChI=1S/C9H7NO2S2/c1-5-2-3-6-7(13)4-14-9(6)8(5)10(11)12/h2-4,13H,1H3. The number of fused-ring (bicyclic) bond motifs is 1. The van der Waals surface area contributed by atoms with Crippen LogP contribution in [0.25, 0.3) is 10.1 Å². The van der Waals surface area contributed by atoms with E-state index in [1.807, 2.05) is 11.4 Å². The lowest BCUT2D eigenvalue weighted by atomic mass is 10.1. The fraction of sp³-hybridized carbons (Fsp3) is 0.111. The zero-order valence-electron chi connectivity index (χ0n) is 7.35. The summed E-state index contributed by atoms with van der Waals surface area (Å²) in [5.41, 5.74) is 0.894. The number of hydrogen-bond acceptors (Lipinski definition) is 4. The first-order valence-electron chi connectivity index (χ1n) is 3.95. The number of hydrogen-bond donors (Lipinski definition) is 1. The summed E-state index contributed by atoms with van der Waals surface area (Å²) >= 11 is 5.60. The Hall–Kier alpha value is -1.07. The summed E-state index contributed by atoms with van der Waals surface area (Å²) in [5, 5.41) is 13.5. The smallest absolute Gasteiger partial charge is 0.258 e. The van der Waals surface area contributed by atoms with Crippen molar-refractivity contribution in [2.24, 2.45) is 0 Å². The quantitative estimate of drug-likeness (QED) is 0.459. The van der Waals surface area contributed by atoms with E-state index in [-0.39, 0.29) is 10.6 Å². The molecule has 0 saturated heterocycles. The molecule has 3 nitrogen and oxygen atoms in total. The molecule has 5 heteroatoms. The summed E-state index contributed by atoms with van der Waals surface area (Å²) in [5.74, 6) is 0. The number of thiophene rings is 1. The highest BCUT2D eigenvalue weighted by Gasteiger charge is 2.17. The van der Waals surface area contributed by atoms with Gasteiger partial charge in [0.2, 0.25) is 0 Å². The highest BCUT2D eigenvalue weighted by molar-refractivity contribution is 7.80. The van der Waals surface area contributed by atoms with Gasteiger partial charge in [-0.15, -0.1) is 24.0 Å². The van der Waals surface area contributed by atoms with E-state index in [1.54, 1.807) is 13.0 Å². The van der Waals surface area contributed by atoms with E-state index >= 15 is 0 Å². The molecule has 0 saturated carbocycles. The van der Waals surface area contributed by atoms with Gasteiger partial charge in [0, 0.05) is 21.2 Å². The third-order valence-corrected chi connectivity index (χ3v) is 3.63. The maximum Gasteiger partial charge on any atom is 0.289 e. The summed E-state index contributed by atoms with van der Waals surface area (Å²) < 4.78 is 0.708. The highest BCUT2D eigenvalue weighted by Crippen LogP contribution is 2.37. The van der Waals surface area contributed by atoms with Gasteiger partial charge in [0.05, 0.1) is 4.92 Å². The Labute approximate surface area is 89.9 Å². The van der Waals surface area contributed by atoms with Crippen LogP contribution in [0.15, 0.2) is 22.4 Å². The van der Waals surface area contributed by atoms with Gasteiger partial charge in [0.1, 0.15) is 4.70 Å². The van der Waals surface area contributed by atoms with Gasteiger partial charge in [-0.05, 0) is 6.92 Å². The Kier molecular flexibility index (Phi) is 2.20. The molecular formula is C9H7NO2S2. The van der Waals surface area contributed by atoms with E-state index in [0.717, 1.165) is 10.3 Å². The number of rotatable bonds is 1. The molecule has 0 bridgehead atoms. The number of nitro groups is 1. The van der Waals surface area contributed by atoms with Crippen LogP contribution in [0.2, 0.25) is 0 Å². The topological polar surface area (TPSA) is 43.1 Å². The molecule has 0 radical (unpaired) electrons. The van der Waals surface area contributed by atoms with Crippen LogP contribution in [0, 0.1) is 17.0 Å². The Morgan fingerprint density at radius 3 is 2.86 bits per heavy atom. The minimum atomic E-state index is -0.332. The monoisotopic (exact) mass is 225 g/mol. The van der Waals surface area contributed by atoms with Gasteiger partial charge in [-0.2, -0.15) is 0 Å². The van der Waals surface area contributed by atoms with Gasteiger partial charge in [-0.3, -0.25) is 10.1 Å². The number of benzene rings is 1. The van der Waals surface area contributed by atoms with Crippen molar-refractivity contribution in [3.63, 3.8) is 0 Å². The maximum absolute atomic E-state index is 10.8. The number of aryl methyl sites for hydroxylation is 1. The van der Waals surface area contributed by atoms with Crippen LogP contribution in [0.4, 0.5) is 5.69 Å². The molecule has 14 heavy (non-hydrogen) atoms. The predicted molar refractivity (Wildman–Crippen MR) is 60.5 cm³/mol. The van der Waals surface area contributed by atoms with Crippen LogP contribution >= 0.6 is 24.0 Å².